The van der Waals surface area contributed by atoms with Crippen molar-refractivity contribution in [3.8, 4) is 5.69 Å². The smallest absolute Gasteiger partial charge is 0.269 e. The van der Waals surface area contributed by atoms with E-state index in [9.17, 15) is 9.18 Å². The van der Waals surface area contributed by atoms with Crippen LogP contribution in [0.4, 0.5) is 4.39 Å². The Labute approximate surface area is 162 Å². The maximum absolute atomic E-state index is 14.7. The van der Waals surface area contributed by atoms with E-state index in [0.29, 0.717) is 22.9 Å². The summed E-state index contributed by atoms with van der Waals surface area (Å²) >= 11 is 0. The Bertz CT molecular complexity index is 1070. The number of carbonyl (C=O) groups is 1. The molecule has 0 spiro atoms. The molecule has 1 aliphatic carbocycles. The third-order valence-corrected chi connectivity index (χ3v) is 5.12. The number of hydrogen-bond acceptors (Lipinski definition) is 3. The number of fused-ring (bicyclic) bond motifs is 3. The first-order valence-corrected chi connectivity index (χ1v) is 9.25. The molecule has 2 N–H and O–H groups in total. The van der Waals surface area contributed by atoms with E-state index in [2.05, 4.69) is 28.7 Å². The molecule has 1 saturated carbocycles. The largest absolute Gasteiger partial charge is 0.364 e. The van der Waals surface area contributed by atoms with E-state index in [-0.39, 0.29) is 18.1 Å². The van der Waals surface area contributed by atoms with E-state index in [1.54, 1.807) is 25.4 Å². The number of halogens is 1. The molecule has 142 valence electrons. The molecule has 6 heteroatoms. The predicted molar refractivity (Wildman–Crippen MR) is 107 cm³/mol. The molecule has 1 fully saturated rings. The summed E-state index contributed by atoms with van der Waals surface area (Å²) in [6, 6.07) is 6.14. The van der Waals surface area contributed by atoms with Crippen molar-refractivity contribution in [2.24, 2.45) is 10.7 Å². The summed E-state index contributed by atoms with van der Waals surface area (Å²) < 4.78 is 16.5. The van der Waals surface area contributed by atoms with E-state index in [1.165, 1.54) is 11.6 Å². The van der Waals surface area contributed by atoms with Gasteiger partial charge in [-0.3, -0.25) is 14.4 Å². The van der Waals surface area contributed by atoms with Gasteiger partial charge in [0.25, 0.3) is 5.91 Å². The zero-order valence-electron chi connectivity index (χ0n) is 15.7. The van der Waals surface area contributed by atoms with Crippen molar-refractivity contribution in [3.05, 3.63) is 83.2 Å². The Balaban J connectivity index is 1.98. The number of allylic oxidation sites excluding steroid dienone is 5. The number of nitrogens with two attached hydrogens (primary N) is 1. The molecule has 0 saturated heterocycles. The lowest BCUT2D eigenvalue weighted by Gasteiger charge is -2.15. The van der Waals surface area contributed by atoms with Gasteiger partial charge >= 0.3 is 0 Å². The SMILES string of the molecule is C=C/C=C(C1=NCc2c(C(N)=O)ncn2-c2ccc(C3CC3)cc21)\C(F)=C/C. The molecule has 4 rings (SSSR count). The van der Waals surface area contributed by atoms with Crippen LogP contribution in [0.15, 0.2) is 65.7 Å². The quantitative estimate of drug-likeness (QED) is 0.797. The van der Waals surface area contributed by atoms with E-state index >= 15 is 0 Å². The summed E-state index contributed by atoms with van der Waals surface area (Å²) in [6.45, 7) is 5.53. The van der Waals surface area contributed by atoms with Crippen molar-refractivity contribution < 1.29 is 9.18 Å². The lowest BCUT2D eigenvalue weighted by molar-refractivity contribution is 0.0995. The van der Waals surface area contributed by atoms with Crippen LogP contribution in [0.5, 0.6) is 0 Å². The summed E-state index contributed by atoms with van der Waals surface area (Å²) in [5.41, 5.74) is 9.98. The molecule has 2 aromatic rings. The van der Waals surface area contributed by atoms with Crippen molar-refractivity contribution in [1.29, 1.82) is 0 Å². The van der Waals surface area contributed by atoms with E-state index in [4.69, 9.17) is 5.73 Å². The first kappa shape index (κ1) is 18.1. The molecule has 1 amide bonds. The van der Waals surface area contributed by atoms with Crippen LogP contribution in [0.1, 0.15) is 53.0 Å². The van der Waals surface area contributed by atoms with Gasteiger partial charge in [-0.2, -0.15) is 0 Å². The second kappa shape index (κ2) is 7.03. The van der Waals surface area contributed by atoms with Crippen LogP contribution in [-0.2, 0) is 6.54 Å². The maximum atomic E-state index is 14.7. The lowest BCUT2D eigenvalue weighted by atomic mass is 9.95. The van der Waals surface area contributed by atoms with Gasteiger partial charge in [0, 0.05) is 11.1 Å². The molecule has 0 bridgehead atoms. The molecule has 2 heterocycles. The molecule has 5 nitrogen and oxygen atoms in total. The molecular formula is C22H21FN4O. The number of hydrogen-bond donors (Lipinski definition) is 1. The van der Waals surface area contributed by atoms with Gasteiger partial charge in [-0.15, -0.1) is 0 Å². The number of rotatable bonds is 5. The van der Waals surface area contributed by atoms with Gasteiger partial charge in [0.05, 0.1) is 23.6 Å². The van der Waals surface area contributed by atoms with Crippen LogP contribution in [0, 0.1) is 0 Å². The highest BCUT2D eigenvalue weighted by Gasteiger charge is 2.29. The van der Waals surface area contributed by atoms with Crippen molar-refractivity contribution in [3.63, 3.8) is 0 Å². The van der Waals surface area contributed by atoms with Gasteiger partial charge in [-0.05, 0) is 43.4 Å². The number of imidazole rings is 1. The van der Waals surface area contributed by atoms with Gasteiger partial charge < -0.3 is 5.73 Å². The standard InChI is InChI=1S/C22H21FN4O/c1-3-5-15(17(23)4-2)20-16-10-14(13-6-7-13)8-9-18(16)27-12-26-21(22(24)28)19(27)11-25-20/h3-5,8-10,12-13H,1,6-7,11H2,2H3,(H2,24,28)/b15-5+,17-4+. The van der Waals surface area contributed by atoms with Crippen LogP contribution >= 0.6 is 0 Å². The fourth-order valence-corrected chi connectivity index (χ4v) is 3.58. The Morgan fingerprint density at radius 1 is 1.39 bits per heavy atom. The second-order valence-electron chi connectivity index (χ2n) is 6.94. The number of primary amides is 1. The zero-order chi connectivity index (χ0) is 19.8. The van der Waals surface area contributed by atoms with E-state index in [0.717, 1.165) is 24.1 Å². The Hall–Kier alpha value is -3.28. The summed E-state index contributed by atoms with van der Waals surface area (Å²) in [5, 5.41) is 0. The fourth-order valence-electron chi connectivity index (χ4n) is 3.58. The molecule has 2 aliphatic rings. The van der Waals surface area contributed by atoms with Crippen LogP contribution in [0.2, 0.25) is 0 Å². The number of carbonyl (C=O) groups excluding carboxylic acids is 1. The minimum atomic E-state index is -0.606. The Morgan fingerprint density at radius 3 is 2.82 bits per heavy atom. The van der Waals surface area contributed by atoms with E-state index in [1.807, 2.05) is 10.6 Å². The van der Waals surface area contributed by atoms with Gasteiger partial charge in [-0.25, -0.2) is 9.37 Å². The average Bonchev–Trinajstić information content (AvgIpc) is 3.48. The predicted octanol–water partition coefficient (Wildman–Crippen LogP) is 4.14. The molecule has 0 atom stereocenters. The molecule has 0 radical (unpaired) electrons. The minimum Gasteiger partial charge on any atom is -0.364 e. The van der Waals surface area contributed by atoms with Crippen LogP contribution < -0.4 is 5.73 Å². The third kappa shape index (κ3) is 3.01. The highest BCUT2D eigenvalue weighted by Crippen LogP contribution is 2.41. The van der Waals surface area contributed by atoms with Crippen LogP contribution in [0.25, 0.3) is 5.69 Å². The van der Waals surface area contributed by atoms with E-state index < -0.39 is 5.91 Å². The van der Waals surface area contributed by atoms with Crippen molar-refractivity contribution in [2.75, 3.05) is 0 Å². The number of amides is 1. The number of nitrogens with zero attached hydrogens (tertiary/aromatic N) is 3. The normalized spacial score (nSPS) is 16.7. The lowest BCUT2D eigenvalue weighted by Crippen LogP contribution is -2.14. The minimum absolute atomic E-state index is 0.173. The average molecular weight is 376 g/mol. The summed E-state index contributed by atoms with van der Waals surface area (Å²) in [7, 11) is 0. The summed E-state index contributed by atoms with van der Waals surface area (Å²) in [4.78, 5) is 20.6. The number of benzene rings is 1. The second-order valence-corrected chi connectivity index (χ2v) is 6.94. The van der Waals surface area contributed by atoms with Crippen LogP contribution in [-0.4, -0.2) is 21.2 Å². The molecular weight excluding hydrogens is 355 g/mol. The summed E-state index contributed by atoms with van der Waals surface area (Å²) in [6.07, 6.45) is 8.47. The highest BCUT2D eigenvalue weighted by atomic mass is 19.1. The first-order chi connectivity index (χ1) is 13.5. The van der Waals surface area contributed by atoms with Gasteiger partial charge in [0.2, 0.25) is 0 Å². The van der Waals surface area contributed by atoms with Crippen molar-refractivity contribution in [2.45, 2.75) is 32.2 Å². The molecule has 1 aromatic heterocycles. The number of aliphatic imine (C=N–C) groups is 1. The van der Waals surface area contributed by atoms with Gasteiger partial charge in [0.1, 0.15) is 12.2 Å². The van der Waals surface area contributed by atoms with Crippen molar-refractivity contribution >= 4 is 11.6 Å². The maximum Gasteiger partial charge on any atom is 0.269 e. The van der Waals surface area contributed by atoms with Gasteiger partial charge in [0.15, 0.2) is 5.69 Å². The van der Waals surface area contributed by atoms with Crippen LogP contribution in [0.3, 0.4) is 0 Å². The monoisotopic (exact) mass is 376 g/mol. The van der Waals surface area contributed by atoms with Crippen molar-refractivity contribution in [1.82, 2.24) is 9.55 Å². The Kier molecular flexibility index (Phi) is 4.55. The van der Waals surface area contributed by atoms with Gasteiger partial charge in [-0.1, -0.05) is 30.9 Å². The summed E-state index contributed by atoms with van der Waals surface area (Å²) in [5.74, 6) is -0.442. The zero-order valence-corrected chi connectivity index (χ0v) is 15.7. The topological polar surface area (TPSA) is 73.3 Å². The molecule has 0 unspecified atom stereocenters. The Morgan fingerprint density at radius 2 is 2.18 bits per heavy atom. The first-order valence-electron chi connectivity index (χ1n) is 9.25. The highest BCUT2D eigenvalue weighted by molar-refractivity contribution is 6.17. The molecule has 28 heavy (non-hydrogen) atoms. The molecule has 1 aliphatic heterocycles. The third-order valence-electron chi connectivity index (χ3n) is 5.12. The fraction of sp³-hybridized carbons (Fsp3) is 0.227. The number of aromatic nitrogens is 2. The molecule has 1 aromatic carbocycles.